The van der Waals surface area contributed by atoms with Gasteiger partial charge in [-0.1, -0.05) is 51.3 Å². The van der Waals surface area contributed by atoms with E-state index in [1.54, 1.807) is 10.6 Å². The van der Waals surface area contributed by atoms with Gasteiger partial charge in [0.25, 0.3) is 11.5 Å². The first-order chi connectivity index (χ1) is 12.0. The number of aromatic nitrogens is 1. The van der Waals surface area contributed by atoms with Crippen LogP contribution in [0.15, 0.2) is 35.1 Å². The first kappa shape index (κ1) is 19.2. The molecule has 0 aliphatic rings. The summed E-state index contributed by atoms with van der Waals surface area (Å²) >= 11 is 0. The zero-order valence-corrected chi connectivity index (χ0v) is 15.8. The molecule has 4 nitrogen and oxygen atoms in total. The molecule has 1 aromatic carbocycles. The predicted octanol–water partition coefficient (Wildman–Crippen LogP) is 4.67. The molecule has 0 radical (unpaired) electrons. The summed E-state index contributed by atoms with van der Waals surface area (Å²) in [5.74, 6) is -0.256. The fourth-order valence-electron chi connectivity index (χ4n) is 3.24. The van der Waals surface area contributed by atoms with Crippen molar-refractivity contribution in [2.75, 3.05) is 0 Å². The Balaban J connectivity index is 2.35. The van der Waals surface area contributed by atoms with E-state index in [1.165, 1.54) is 6.42 Å². The maximum Gasteiger partial charge on any atom is 0.264 e. The summed E-state index contributed by atoms with van der Waals surface area (Å²) in [6.45, 7) is 8.18. The van der Waals surface area contributed by atoms with Gasteiger partial charge in [-0.05, 0) is 44.2 Å². The molecule has 2 rings (SSSR count). The molecule has 2 aromatic rings. The molecule has 4 heteroatoms. The minimum Gasteiger partial charge on any atom is -0.349 e. The number of hydrogen-bond acceptors (Lipinski definition) is 2. The summed E-state index contributed by atoms with van der Waals surface area (Å²) in [6.07, 6.45) is 5.27. The second kappa shape index (κ2) is 8.84. The number of amides is 1. The topological polar surface area (TPSA) is 51.1 Å². The van der Waals surface area contributed by atoms with Crippen LogP contribution in [0.25, 0.3) is 10.9 Å². The number of para-hydroxylation sites is 1. The number of nitrogens with zero attached hydrogens (tertiary/aromatic N) is 1. The molecule has 0 fully saturated rings. The van der Waals surface area contributed by atoms with Crippen molar-refractivity contribution in [2.24, 2.45) is 0 Å². The van der Waals surface area contributed by atoms with Crippen molar-refractivity contribution < 1.29 is 4.79 Å². The number of fused-ring (bicyclic) bond motifs is 1. The Morgan fingerprint density at radius 2 is 1.88 bits per heavy atom. The van der Waals surface area contributed by atoms with Gasteiger partial charge >= 0.3 is 0 Å². The maximum absolute atomic E-state index is 12.9. The van der Waals surface area contributed by atoms with Crippen molar-refractivity contribution in [3.63, 3.8) is 0 Å². The number of carbonyl (C=O) groups is 1. The van der Waals surface area contributed by atoms with Crippen LogP contribution in [0.4, 0.5) is 0 Å². The summed E-state index contributed by atoms with van der Waals surface area (Å²) in [7, 11) is 0. The summed E-state index contributed by atoms with van der Waals surface area (Å²) in [5.41, 5.74) is 0.894. The van der Waals surface area contributed by atoms with Crippen molar-refractivity contribution in [1.29, 1.82) is 0 Å². The molecule has 1 unspecified atom stereocenters. The lowest BCUT2D eigenvalue weighted by atomic mass is 10.1. The van der Waals surface area contributed by atoms with Crippen molar-refractivity contribution in [3.05, 3.63) is 46.2 Å². The van der Waals surface area contributed by atoms with Gasteiger partial charge in [-0.25, -0.2) is 0 Å². The monoisotopic (exact) mass is 342 g/mol. The molecule has 0 aliphatic heterocycles. The number of hydrogen-bond donors (Lipinski definition) is 1. The molecule has 1 amide bonds. The zero-order chi connectivity index (χ0) is 18.4. The van der Waals surface area contributed by atoms with Crippen LogP contribution >= 0.6 is 0 Å². The van der Waals surface area contributed by atoms with Crippen LogP contribution in [0.2, 0.25) is 0 Å². The lowest BCUT2D eigenvalue weighted by Gasteiger charge is -2.19. The van der Waals surface area contributed by atoms with E-state index in [1.807, 2.05) is 38.1 Å². The molecule has 0 spiro atoms. The number of benzene rings is 1. The van der Waals surface area contributed by atoms with Crippen LogP contribution in [0.5, 0.6) is 0 Å². The van der Waals surface area contributed by atoms with E-state index in [-0.39, 0.29) is 29.1 Å². The van der Waals surface area contributed by atoms with E-state index < -0.39 is 0 Å². The van der Waals surface area contributed by atoms with Gasteiger partial charge in [-0.2, -0.15) is 0 Å². The van der Waals surface area contributed by atoms with Crippen LogP contribution in [-0.4, -0.2) is 16.5 Å². The molecule has 1 atom stereocenters. The van der Waals surface area contributed by atoms with E-state index in [4.69, 9.17) is 0 Å². The van der Waals surface area contributed by atoms with Crippen LogP contribution in [0.1, 0.15) is 76.2 Å². The Morgan fingerprint density at radius 1 is 1.16 bits per heavy atom. The highest BCUT2D eigenvalue weighted by Crippen LogP contribution is 2.17. The van der Waals surface area contributed by atoms with E-state index in [0.717, 1.165) is 36.6 Å². The van der Waals surface area contributed by atoms with E-state index in [9.17, 15) is 9.59 Å². The molecule has 0 saturated heterocycles. The highest BCUT2D eigenvalue weighted by molar-refractivity contribution is 5.97. The molecule has 1 aromatic heterocycles. The van der Waals surface area contributed by atoms with Crippen molar-refractivity contribution in [2.45, 2.75) is 71.9 Å². The minimum atomic E-state index is -0.256. The van der Waals surface area contributed by atoms with Crippen LogP contribution in [-0.2, 0) is 0 Å². The van der Waals surface area contributed by atoms with Crippen molar-refractivity contribution >= 4 is 16.8 Å². The molecule has 0 saturated carbocycles. The van der Waals surface area contributed by atoms with Crippen molar-refractivity contribution in [3.8, 4) is 0 Å². The minimum absolute atomic E-state index is 0.00308. The highest BCUT2D eigenvalue weighted by atomic mass is 16.2. The van der Waals surface area contributed by atoms with E-state index in [0.29, 0.717) is 0 Å². The van der Waals surface area contributed by atoms with Gasteiger partial charge < -0.3 is 9.88 Å². The van der Waals surface area contributed by atoms with Crippen LogP contribution in [0, 0.1) is 0 Å². The Hall–Kier alpha value is -2.10. The van der Waals surface area contributed by atoms with Gasteiger partial charge in [-0.3, -0.25) is 9.59 Å². The van der Waals surface area contributed by atoms with Gasteiger partial charge in [0.2, 0.25) is 0 Å². The lowest BCUT2D eigenvalue weighted by Crippen LogP contribution is -2.39. The number of unbranched alkanes of at least 4 members (excludes halogenated alkanes) is 2. The zero-order valence-electron chi connectivity index (χ0n) is 15.8. The summed E-state index contributed by atoms with van der Waals surface area (Å²) in [6, 6.07) is 9.57. The Morgan fingerprint density at radius 3 is 2.52 bits per heavy atom. The molecule has 0 bridgehead atoms. The van der Waals surface area contributed by atoms with Gasteiger partial charge in [0.15, 0.2) is 0 Å². The summed E-state index contributed by atoms with van der Waals surface area (Å²) < 4.78 is 1.71. The van der Waals surface area contributed by atoms with Gasteiger partial charge in [0, 0.05) is 12.1 Å². The van der Waals surface area contributed by atoms with E-state index >= 15 is 0 Å². The maximum atomic E-state index is 12.9. The second-order valence-corrected chi connectivity index (χ2v) is 6.96. The quantitative estimate of drug-likeness (QED) is 0.709. The van der Waals surface area contributed by atoms with Crippen LogP contribution in [0.3, 0.4) is 0 Å². The smallest absolute Gasteiger partial charge is 0.264 e. The third-order valence-electron chi connectivity index (χ3n) is 4.69. The molecular formula is C21H30N2O2. The largest absolute Gasteiger partial charge is 0.349 e. The third-order valence-corrected chi connectivity index (χ3v) is 4.69. The standard InChI is InChI=1S/C21H30N2O2/c1-5-7-8-12-17(6-2)22-20(24)18-14-16-11-9-10-13-19(16)23(15(3)4)21(18)25/h9-11,13-15,17H,5-8,12H2,1-4H3,(H,22,24). The molecule has 136 valence electrons. The molecule has 25 heavy (non-hydrogen) atoms. The number of carbonyl (C=O) groups excluding carboxylic acids is 1. The van der Waals surface area contributed by atoms with Crippen LogP contribution < -0.4 is 10.9 Å². The Bertz CT molecular complexity index is 777. The fraction of sp³-hybridized carbons (Fsp3) is 0.524. The predicted molar refractivity (Wildman–Crippen MR) is 104 cm³/mol. The van der Waals surface area contributed by atoms with Gasteiger partial charge in [0.1, 0.15) is 5.56 Å². The highest BCUT2D eigenvalue weighted by Gasteiger charge is 2.19. The summed E-state index contributed by atoms with van der Waals surface area (Å²) in [5, 5.41) is 3.98. The number of nitrogens with one attached hydrogen (secondary N) is 1. The number of rotatable bonds is 8. The molecular weight excluding hydrogens is 312 g/mol. The SMILES string of the molecule is CCCCCC(CC)NC(=O)c1cc2ccccc2n(C(C)C)c1=O. The first-order valence-electron chi connectivity index (χ1n) is 9.44. The third kappa shape index (κ3) is 4.50. The van der Waals surface area contributed by atoms with Gasteiger partial charge in [-0.15, -0.1) is 0 Å². The second-order valence-electron chi connectivity index (χ2n) is 6.96. The normalized spacial score (nSPS) is 12.5. The Labute approximate surface area is 150 Å². The summed E-state index contributed by atoms with van der Waals surface area (Å²) in [4.78, 5) is 25.7. The first-order valence-corrected chi connectivity index (χ1v) is 9.44. The average Bonchev–Trinajstić information content (AvgIpc) is 2.59. The lowest BCUT2D eigenvalue weighted by molar-refractivity contribution is 0.0931. The van der Waals surface area contributed by atoms with E-state index in [2.05, 4.69) is 19.2 Å². The average molecular weight is 342 g/mol. The number of pyridine rings is 1. The molecule has 0 aliphatic carbocycles. The molecule has 1 heterocycles. The van der Waals surface area contributed by atoms with Gasteiger partial charge in [0.05, 0.1) is 5.52 Å². The fourth-order valence-corrected chi connectivity index (χ4v) is 3.24. The molecule has 1 N–H and O–H groups in total. The Kier molecular flexibility index (Phi) is 6.80. The van der Waals surface area contributed by atoms with Crippen molar-refractivity contribution in [1.82, 2.24) is 9.88 Å².